The number of hydrazine groups is 1. The van der Waals surface area contributed by atoms with Crippen LogP contribution < -0.4 is 10.9 Å². The van der Waals surface area contributed by atoms with E-state index in [-0.39, 0.29) is 16.5 Å². The average molecular weight is 423 g/mol. The van der Waals surface area contributed by atoms with E-state index < -0.39 is 11.8 Å². The minimum absolute atomic E-state index is 0.108. The predicted octanol–water partition coefficient (Wildman–Crippen LogP) is 3.98. The third-order valence-corrected chi connectivity index (χ3v) is 5.00. The molecule has 2 amide bonds. The second kappa shape index (κ2) is 8.68. The molecular formula is C19H20Cl2N4O3. The van der Waals surface area contributed by atoms with E-state index in [4.69, 9.17) is 27.6 Å². The zero-order valence-electron chi connectivity index (χ0n) is 15.4. The van der Waals surface area contributed by atoms with Gasteiger partial charge in [0.15, 0.2) is 5.76 Å². The maximum atomic E-state index is 12.4. The van der Waals surface area contributed by atoms with Crippen LogP contribution in [-0.2, 0) is 6.54 Å². The average Bonchev–Trinajstić information content (AvgIpc) is 3.29. The van der Waals surface area contributed by atoms with Crippen LogP contribution in [0.1, 0.15) is 40.7 Å². The van der Waals surface area contributed by atoms with Crippen molar-refractivity contribution in [1.82, 2.24) is 20.7 Å². The molecule has 0 aliphatic carbocycles. The van der Waals surface area contributed by atoms with Crippen LogP contribution in [0.5, 0.6) is 0 Å². The SMILES string of the molecule is CCN(CC)Cc1ccc(C(=O)NNC(=O)c2[nH]c3ccc(Cl)cc3c2Cl)o1. The van der Waals surface area contributed by atoms with Crippen LogP contribution in [0.3, 0.4) is 0 Å². The number of furan rings is 1. The molecule has 2 heterocycles. The maximum Gasteiger partial charge on any atom is 0.305 e. The molecule has 3 aromatic rings. The van der Waals surface area contributed by atoms with E-state index in [2.05, 4.69) is 34.6 Å². The number of aromatic amines is 1. The van der Waals surface area contributed by atoms with Crippen LogP contribution in [0.25, 0.3) is 10.9 Å². The van der Waals surface area contributed by atoms with Gasteiger partial charge in [0.1, 0.15) is 11.5 Å². The number of carbonyl (C=O) groups is 2. The summed E-state index contributed by atoms with van der Waals surface area (Å²) in [7, 11) is 0. The first-order chi connectivity index (χ1) is 13.4. The van der Waals surface area contributed by atoms with Crippen LogP contribution in [0.2, 0.25) is 10.0 Å². The number of carbonyl (C=O) groups excluding carboxylic acids is 2. The van der Waals surface area contributed by atoms with Gasteiger partial charge < -0.3 is 9.40 Å². The minimum atomic E-state index is -0.583. The molecule has 7 nitrogen and oxygen atoms in total. The first-order valence-electron chi connectivity index (χ1n) is 8.81. The molecule has 0 aliphatic heterocycles. The molecule has 28 heavy (non-hydrogen) atoms. The Balaban J connectivity index is 1.64. The molecule has 0 radical (unpaired) electrons. The van der Waals surface area contributed by atoms with Gasteiger partial charge in [-0.2, -0.15) is 0 Å². The minimum Gasteiger partial charge on any atom is -0.454 e. The van der Waals surface area contributed by atoms with Gasteiger partial charge in [0.25, 0.3) is 5.91 Å². The summed E-state index contributed by atoms with van der Waals surface area (Å²) in [4.78, 5) is 29.7. The number of nitrogens with one attached hydrogen (secondary N) is 3. The predicted molar refractivity (Wildman–Crippen MR) is 109 cm³/mol. The lowest BCUT2D eigenvalue weighted by molar-refractivity contribution is 0.0827. The van der Waals surface area contributed by atoms with E-state index in [9.17, 15) is 9.59 Å². The van der Waals surface area contributed by atoms with Gasteiger partial charge in [0.2, 0.25) is 0 Å². The van der Waals surface area contributed by atoms with Gasteiger partial charge in [-0.3, -0.25) is 25.3 Å². The molecule has 0 unspecified atom stereocenters. The number of benzene rings is 1. The van der Waals surface area contributed by atoms with Gasteiger partial charge in [0, 0.05) is 15.9 Å². The molecule has 0 spiro atoms. The summed E-state index contributed by atoms with van der Waals surface area (Å²) in [5, 5.41) is 1.36. The van der Waals surface area contributed by atoms with E-state index in [1.54, 1.807) is 30.3 Å². The number of nitrogens with zero attached hydrogens (tertiary/aromatic N) is 1. The molecule has 148 valence electrons. The lowest BCUT2D eigenvalue weighted by Crippen LogP contribution is -2.41. The summed E-state index contributed by atoms with van der Waals surface area (Å²) >= 11 is 12.2. The topological polar surface area (TPSA) is 90.4 Å². The van der Waals surface area contributed by atoms with E-state index in [0.29, 0.717) is 28.2 Å². The monoisotopic (exact) mass is 422 g/mol. The van der Waals surface area contributed by atoms with E-state index in [0.717, 1.165) is 13.1 Å². The Hall–Kier alpha value is -2.48. The Morgan fingerprint density at radius 3 is 2.50 bits per heavy atom. The molecule has 3 rings (SSSR count). The smallest absolute Gasteiger partial charge is 0.305 e. The van der Waals surface area contributed by atoms with Gasteiger partial charge in [0.05, 0.1) is 11.6 Å². The third kappa shape index (κ3) is 4.32. The van der Waals surface area contributed by atoms with Gasteiger partial charge in [-0.05, 0) is 43.4 Å². The maximum absolute atomic E-state index is 12.4. The summed E-state index contributed by atoms with van der Waals surface area (Å²) in [6, 6.07) is 8.38. The highest BCUT2D eigenvalue weighted by molar-refractivity contribution is 6.39. The lowest BCUT2D eigenvalue weighted by atomic mass is 10.2. The number of rotatable bonds is 6. The van der Waals surface area contributed by atoms with Gasteiger partial charge in [-0.1, -0.05) is 37.0 Å². The second-order valence-electron chi connectivity index (χ2n) is 6.14. The number of amides is 2. The van der Waals surface area contributed by atoms with E-state index >= 15 is 0 Å². The normalized spacial score (nSPS) is 11.2. The summed E-state index contributed by atoms with van der Waals surface area (Å²) in [5.41, 5.74) is 5.44. The highest BCUT2D eigenvalue weighted by atomic mass is 35.5. The first kappa shape index (κ1) is 20.3. The fraction of sp³-hybridized carbons (Fsp3) is 0.263. The molecule has 0 bridgehead atoms. The van der Waals surface area contributed by atoms with E-state index in [1.165, 1.54) is 0 Å². The van der Waals surface area contributed by atoms with Gasteiger partial charge in [-0.25, -0.2) is 0 Å². The fourth-order valence-electron chi connectivity index (χ4n) is 2.78. The third-order valence-electron chi connectivity index (χ3n) is 4.37. The Morgan fingerprint density at radius 2 is 1.79 bits per heavy atom. The molecule has 0 atom stereocenters. The quantitative estimate of drug-likeness (QED) is 0.523. The Bertz CT molecular complexity index is 1010. The zero-order valence-corrected chi connectivity index (χ0v) is 16.9. The van der Waals surface area contributed by atoms with Crippen molar-refractivity contribution in [2.45, 2.75) is 20.4 Å². The molecule has 1 aromatic carbocycles. The first-order valence-corrected chi connectivity index (χ1v) is 9.57. The van der Waals surface area contributed by atoms with Crippen LogP contribution in [0, 0.1) is 0 Å². The number of hydrogen-bond donors (Lipinski definition) is 3. The Kier molecular flexibility index (Phi) is 6.28. The van der Waals surface area contributed by atoms with Crippen molar-refractivity contribution in [1.29, 1.82) is 0 Å². The highest BCUT2D eigenvalue weighted by Crippen LogP contribution is 2.29. The van der Waals surface area contributed by atoms with Gasteiger partial charge >= 0.3 is 5.91 Å². The molecular weight excluding hydrogens is 403 g/mol. The standard InChI is InChI=1S/C19H20Cl2N4O3/c1-3-25(4-2)10-12-6-8-15(28-12)18(26)23-24-19(27)17-16(21)13-9-11(20)5-7-14(13)22-17/h5-9,22H,3-4,10H2,1-2H3,(H,23,26)(H,24,27). The summed E-state index contributed by atoms with van der Waals surface area (Å²) in [5.74, 6) is -0.359. The van der Waals surface area contributed by atoms with Crippen LogP contribution in [-0.4, -0.2) is 34.8 Å². The number of fused-ring (bicyclic) bond motifs is 1. The van der Waals surface area contributed by atoms with Crippen LogP contribution in [0.15, 0.2) is 34.7 Å². The largest absolute Gasteiger partial charge is 0.454 e. The summed E-state index contributed by atoms with van der Waals surface area (Å²) in [6.07, 6.45) is 0. The van der Waals surface area contributed by atoms with Crippen molar-refractivity contribution in [2.24, 2.45) is 0 Å². The van der Waals surface area contributed by atoms with Crippen molar-refractivity contribution in [2.75, 3.05) is 13.1 Å². The Labute approximate surface area is 171 Å². The van der Waals surface area contributed by atoms with Crippen molar-refractivity contribution >= 4 is 45.9 Å². The number of H-pyrrole nitrogens is 1. The van der Waals surface area contributed by atoms with Crippen molar-refractivity contribution in [3.63, 3.8) is 0 Å². The molecule has 0 aliphatic rings. The second-order valence-corrected chi connectivity index (χ2v) is 6.95. The summed E-state index contributed by atoms with van der Waals surface area (Å²) in [6.45, 7) is 6.48. The van der Waals surface area contributed by atoms with Crippen molar-refractivity contribution < 1.29 is 14.0 Å². The molecule has 0 saturated carbocycles. The highest BCUT2D eigenvalue weighted by Gasteiger charge is 2.18. The molecule has 9 heteroatoms. The molecule has 0 saturated heterocycles. The van der Waals surface area contributed by atoms with Crippen molar-refractivity contribution in [3.8, 4) is 0 Å². The van der Waals surface area contributed by atoms with Gasteiger partial charge in [-0.15, -0.1) is 0 Å². The number of halogens is 2. The van der Waals surface area contributed by atoms with Crippen LogP contribution >= 0.6 is 23.2 Å². The number of aromatic nitrogens is 1. The lowest BCUT2D eigenvalue weighted by Gasteiger charge is -2.15. The Morgan fingerprint density at radius 1 is 1.07 bits per heavy atom. The fourth-order valence-corrected chi connectivity index (χ4v) is 3.24. The molecule has 0 fully saturated rings. The molecule has 3 N–H and O–H groups in total. The summed E-state index contributed by atoms with van der Waals surface area (Å²) < 4.78 is 5.55. The number of hydrogen-bond acceptors (Lipinski definition) is 4. The molecule has 2 aromatic heterocycles. The van der Waals surface area contributed by atoms with Crippen LogP contribution in [0.4, 0.5) is 0 Å². The van der Waals surface area contributed by atoms with Crippen molar-refractivity contribution in [3.05, 3.63) is 57.6 Å². The van der Waals surface area contributed by atoms with E-state index in [1.807, 2.05) is 0 Å². The zero-order chi connectivity index (χ0) is 20.3.